The van der Waals surface area contributed by atoms with Crippen molar-refractivity contribution >= 4 is 0 Å². The van der Waals surface area contributed by atoms with E-state index in [0.29, 0.717) is 18.4 Å². The molecule has 2 atom stereocenters. The molecule has 1 N–H and O–H groups in total. The fourth-order valence-corrected chi connectivity index (χ4v) is 2.99. The molecule has 7 nitrogen and oxygen atoms in total. The lowest BCUT2D eigenvalue weighted by atomic mass is 10.2. The maximum atomic E-state index is 10.4. The maximum Gasteiger partial charge on any atom is 0.243 e. The summed E-state index contributed by atoms with van der Waals surface area (Å²) in [6, 6.07) is 0.0251. The van der Waals surface area contributed by atoms with Gasteiger partial charge in [0.2, 0.25) is 5.89 Å². The van der Waals surface area contributed by atoms with E-state index in [2.05, 4.69) is 31.9 Å². The Bertz CT molecular complexity index is 496. The molecular formula is C16H29N5O2. The quantitative estimate of drug-likeness (QED) is 0.786. The fourth-order valence-electron chi connectivity index (χ4n) is 2.99. The zero-order valence-corrected chi connectivity index (χ0v) is 14.5. The van der Waals surface area contributed by atoms with Crippen LogP contribution in [0.1, 0.15) is 43.4 Å². The van der Waals surface area contributed by atoms with Gasteiger partial charge in [-0.3, -0.25) is 9.80 Å². The van der Waals surface area contributed by atoms with Gasteiger partial charge in [0.05, 0.1) is 12.1 Å². The number of hydrogen-bond donors (Lipinski definition) is 1. The fraction of sp³-hybridized carbons (Fsp3) is 0.875. The molecule has 1 saturated heterocycles. The van der Waals surface area contributed by atoms with Gasteiger partial charge in [0, 0.05) is 45.2 Å². The summed E-state index contributed by atoms with van der Waals surface area (Å²) < 4.78 is 5.39. The van der Waals surface area contributed by atoms with Crippen LogP contribution in [-0.4, -0.2) is 89.4 Å². The van der Waals surface area contributed by atoms with E-state index < -0.39 is 0 Å². The molecular weight excluding hydrogens is 294 g/mol. The molecule has 23 heavy (non-hydrogen) atoms. The first-order valence-electron chi connectivity index (χ1n) is 8.65. The van der Waals surface area contributed by atoms with E-state index in [9.17, 15) is 5.11 Å². The Morgan fingerprint density at radius 3 is 2.65 bits per heavy atom. The van der Waals surface area contributed by atoms with Crippen molar-refractivity contribution in [3.05, 3.63) is 11.7 Å². The molecule has 130 valence electrons. The van der Waals surface area contributed by atoms with Crippen LogP contribution in [0, 0.1) is 0 Å². The largest absolute Gasteiger partial charge is 0.390 e. The Kier molecular flexibility index (Phi) is 5.31. The second-order valence-electron chi connectivity index (χ2n) is 7.14. The number of rotatable bonds is 7. The molecule has 2 aliphatic rings. The standard InChI is InChI=1S/C16H29N5O2/c1-12(16-17-15(18-23-16)13-4-5-13)20(3)10-14(22)11-21-8-6-19(2)7-9-21/h12-14,22H,4-11H2,1-3H3. The van der Waals surface area contributed by atoms with Gasteiger partial charge in [0.1, 0.15) is 0 Å². The third-order valence-corrected chi connectivity index (χ3v) is 4.98. The third kappa shape index (κ3) is 4.50. The van der Waals surface area contributed by atoms with Crippen LogP contribution >= 0.6 is 0 Å². The summed E-state index contributed by atoms with van der Waals surface area (Å²) in [5.41, 5.74) is 0. The van der Waals surface area contributed by atoms with Crippen molar-refractivity contribution in [1.82, 2.24) is 24.8 Å². The highest BCUT2D eigenvalue weighted by Gasteiger charge is 2.30. The van der Waals surface area contributed by atoms with E-state index in [1.54, 1.807) is 0 Å². The number of aromatic nitrogens is 2. The van der Waals surface area contributed by atoms with Gasteiger partial charge in [0.15, 0.2) is 5.82 Å². The lowest BCUT2D eigenvalue weighted by Gasteiger charge is -2.34. The average molecular weight is 323 g/mol. The van der Waals surface area contributed by atoms with Crippen molar-refractivity contribution in [2.45, 2.75) is 37.8 Å². The maximum absolute atomic E-state index is 10.4. The van der Waals surface area contributed by atoms with Gasteiger partial charge in [-0.15, -0.1) is 0 Å². The predicted molar refractivity (Wildman–Crippen MR) is 87.3 cm³/mol. The molecule has 1 aliphatic heterocycles. The van der Waals surface area contributed by atoms with E-state index in [1.165, 1.54) is 12.8 Å². The minimum absolute atomic E-state index is 0.0251. The summed E-state index contributed by atoms with van der Waals surface area (Å²) in [7, 11) is 4.14. The summed E-state index contributed by atoms with van der Waals surface area (Å²) in [6.45, 7) is 7.59. The Hall–Kier alpha value is -1.02. The van der Waals surface area contributed by atoms with Gasteiger partial charge in [-0.05, 0) is 33.9 Å². The number of aliphatic hydroxyl groups is 1. The highest BCUT2D eigenvalue weighted by Crippen LogP contribution is 2.38. The minimum Gasteiger partial charge on any atom is -0.390 e. The second-order valence-corrected chi connectivity index (χ2v) is 7.14. The molecule has 2 fully saturated rings. The number of piperazine rings is 1. The molecule has 1 aromatic heterocycles. The van der Waals surface area contributed by atoms with E-state index in [4.69, 9.17) is 4.52 Å². The van der Waals surface area contributed by atoms with E-state index in [0.717, 1.165) is 38.5 Å². The zero-order chi connectivity index (χ0) is 16.4. The molecule has 0 bridgehead atoms. The summed E-state index contributed by atoms with van der Waals surface area (Å²) >= 11 is 0. The molecule has 1 aliphatic carbocycles. The highest BCUT2D eigenvalue weighted by atomic mass is 16.5. The molecule has 0 radical (unpaired) electrons. The SMILES string of the molecule is CC(c1nc(C2CC2)no1)N(C)CC(O)CN1CCN(C)CC1. The highest BCUT2D eigenvalue weighted by molar-refractivity contribution is 5.04. The van der Waals surface area contributed by atoms with Crippen LogP contribution in [0.25, 0.3) is 0 Å². The molecule has 1 aromatic rings. The number of aliphatic hydroxyl groups excluding tert-OH is 1. The Morgan fingerprint density at radius 2 is 2.00 bits per heavy atom. The third-order valence-electron chi connectivity index (χ3n) is 4.98. The van der Waals surface area contributed by atoms with Crippen molar-refractivity contribution in [3.8, 4) is 0 Å². The summed E-state index contributed by atoms with van der Waals surface area (Å²) in [6.07, 6.45) is 1.98. The molecule has 2 unspecified atom stereocenters. The van der Waals surface area contributed by atoms with Crippen LogP contribution < -0.4 is 0 Å². The van der Waals surface area contributed by atoms with Crippen LogP contribution in [0.15, 0.2) is 4.52 Å². The van der Waals surface area contributed by atoms with E-state index in [-0.39, 0.29) is 12.1 Å². The van der Waals surface area contributed by atoms with Crippen molar-refractivity contribution in [3.63, 3.8) is 0 Å². The van der Waals surface area contributed by atoms with Crippen molar-refractivity contribution in [2.24, 2.45) is 0 Å². The number of nitrogens with zero attached hydrogens (tertiary/aromatic N) is 5. The zero-order valence-electron chi connectivity index (χ0n) is 14.5. The van der Waals surface area contributed by atoms with Crippen molar-refractivity contribution in [1.29, 1.82) is 0 Å². The summed E-state index contributed by atoms with van der Waals surface area (Å²) in [4.78, 5) is 11.3. The number of likely N-dealkylation sites (N-methyl/N-ethyl adjacent to an activating group) is 2. The van der Waals surface area contributed by atoms with Crippen LogP contribution in [0.4, 0.5) is 0 Å². The first-order valence-corrected chi connectivity index (χ1v) is 8.65. The molecule has 3 rings (SSSR count). The van der Waals surface area contributed by atoms with Crippen molar-refractivity contribution in [2.75, 3.05) is 53.4 Å². The van der Waals surface area contributed by atoms with Gasteiger partial charge in [-0.2, -0.15) is 4.98 Å². The van der Waals surface area contributed by atoms with Crippen LogP contribution in [0.5, 0.6) is 0 Å². The van der Waals surface area contributed by atoms with E-state index in [1.807, 2.05) is 14.0 Å². The lowest BCUT2D eigenvalue weighted by molar-refractivity contribution is 0.0494. The van der Waals surface area contributed by atoms with Gasteiger partial charge in [0.25, 0.3) is 0 Å². The Morgan fingerprint density at radius 1 is 1.30 bits per heavy atom. The van der Waals surface area contributed by atoms with E-state index >= 15 is 0 Å². The predicted octanol–water partition coefficient (Wildman–Crippen LogP) is 0.548. The molecule has 0 spiro atoms. The topological polar surface area (TPSA) is 68.9 Å². The van der Waals surface area contributed by atoms with Gasteiger partial charge in [-0.1, -0.05) is 5.16 Å². The Labute approximate surface area is 138 Å². The first kappa shape index (κ1) is 16.8. The number of hydrogen-bond acceptors (Lipinski definition) is 7. The molecule has 0 amide bonds. The van der Waals surface area contributed by atoms with Gasteiger partial charge >= 0.3 is 0 Å². The monoisotopic (exact) mass is 323 g/mol. The van der Waals surface area contributed by atoms with Gasteiger partial charge in [-0.25, -0.2) is 0 Å². The number of β-amino-alcohol motifs (C(OH)–C–C–N with tert-alkyl or cyclic N) is 1. The molecule has 0 aromatic carbocycles. The second kappa shape index (κ2) is 7.25. The van der Waals surface area contributed by atoms with Crippen LogP contribution in [0.3, 0.4) is 0 Å². The van der Waals surface area contributed by atoms with Gasteiger partial charge < -0.3 is 14.5 Å². The molecule has 7 heteroatoms. The van der Waals surface area contributed by atoms with Crippen LogP contribution in [-0.2, 0) is 0 Å². The van der Waals surface area contributed by atoms with Crippen LogP contribution in [0.2, 0.25) is 0 Å². The lowest BCUT2D eigenvalue weighted by Crippen LogP contribution is -2.48. The molecule has 2 heterocycles. The van der Waals surface area contributed by atoms with Crippen molar-refractivity contribution < 1.29 is 9.63 Å². The smallest absolute Gasteiger partial charge is 0.243 e. The Balaban J connectivity index is 1.45. The summed E-state index contributed by atoms with van der Waals surface area (Å²) in [5, 5.41) is 14.4. The minimum atomic E-state index is -0.364. The average Bonchev–Trinajstić information content (AvgIpc) is 3.26. The molecule has 1 saturated carbocycles. The normalized spacial score (nSPS) is 23.3. The summed E-state index contributed by atoms with van der Waals surface area (Å²) in [5.74, 6) is 2.01. The first-order chi connectivity index (χ1) is 11.0.